The van der Waals surface area contributed by atoms with Crippen LogP contribution in [0.15, 0.2) is 60.7 Å². The molecule has 0 amide bonds. The standard InChI is InChI=1S/C16H34.2C6H5O2P.C4H10.2C2H6/c1-3-5-7-9-11-13-15-16-14-12-10-8-6-4-2;2*7-9-8-6-4-2-1-3-5-6;1-4(2)3;2*1-2/h3-16H2,1-2H3;2*1-5H;4H,1-3H3;2*1-2H3. The normalized spacial score (nSPS) is 9.29. The van der Waals surface area contributed by atoms with Gasteiger partial charge in [0.1, 0.15) is 11.5 Å². The van der Waals surface area contributed by atoms with E-state index < -0.39 is 0 Å². The van der Waals surface area contributed by atoms with E-state index in [1.807, 2.05) is 64.1 Å². The summed E-state index contributed by atoms with van der Waals surface area (Å²) in [7, 11) is -0.610. The molecule has 6 heteroatoms. The second kappa shape index (κ2) is 46.2. The summed E-state index contributed by atoms with van der Waals surface area (Å²) in [6.07, 6.45) is 20.4. The molecular weight excluding hydrogens is 558 g/mol. The zero-order chi connectivity index (χ0) is 32.5. The molecular formula is C36H66O4P2. The molecule has 0 unspecified atom stereocenters. The molecule has 0 spiro atoms. The van der Waals surface area contributed by atoms with Crippen LogP contribution in [0.25, 0.3) is 0 Å². The first-order chi connectivity index (χ1) is 20.5. The predicted molar refractivity (Wildman–Crippen MR) is 189 cm³/mol. The summed E-state index contributed by atoms with van der Waals surface area (Å²) >= 11 is 0. The van der Waals surface area contributed by atoms with Crippen LogP contribution >= 0.6 is 17.4 Å². The van der Waals surface area contributed by atoms with E-state index in [1.54, 1.807) is 24.3 Å². The summed E-state index contributed by atoms with van der Waals surface area (Å²) in [5, 5.41) is 0. The second-order valence-electron chi connectivity index (χ2n) is 9.93. The lowest BCUT2D eigenvalue weighted by molar-refractivity contribution is 0.524. The number of benzene rings is 2. The van der Waals surface area contributed by atoms with Crippen LogP contribution in [0.3, 0.4) is 0 Å². The lowest BCUT2D eigenvalue weighted by Gasteiger charge is -2.02. The Hall–Kier alpha value is -1.76. The smallest absolute Gasteiger partial charge is 0.395 e. The van der Waals surface area contributed by atoms with Gasteiger partial charge in [-0.1, -0.05) is 189 Å². The van der Waals surface area contributed by atoms with Crippen molar-refractivity contribution in [3.05, 3.63) is 60.7 Å². The maximum atomic E-state index is 9.85. The molecule has 244 valence electrons. The number of hydrogen-bond acceptors (Lipinski definition) is 4. The van der Waals surface area contributed by atoms with Crippen molar-refractivity contribution in [1.29, 1.82) is 0 Å². The molecule has 0 saturated heterocycles. The van der Waals surface area contributed by atoms with E-state index in [2.05, 4.69) is 43.7 Å². The zero-order valence-electron chi connectivity index (χ0n) is 28.8. The summed E-state index contributed by atoms with van der Waals surface area (Å²) in [6, 6.07) is 18.0. The number of para-hydroxylation sites is 2. The van der Waals surface area contributed by atoms with Crippen molar-refractivity contribution in [2.24, 2.45) is 5.92 Å². The molecule has 2 rings (SSSR count). The van der Waals surface area contributed by atoms with Crippen LogP contribution in [0.4, 0.5) is 0 Å². The van der Waals surface area contributed by atoms with Crippen molar-refractivity contribution >= 4 is 17.4 Å². The summed E-state index contributed by atoms with van der Waals surface area (Å²) in [4.78, 5) is 0. The van der Waals surface area contributed by atoms with Crippen LogP contribution in [0.1, 0.15) is 152 Å². The van der Waals surface area contributed by atoms with Crippen molar-refractivity contribution in [3.63, 3.8) is 0 Å². The third-order valence-corrected chi connectivity index (χ3v) is 5.80. The van der Waals surface area contributed by atoms with Gasteiger partial charge >= 0.3 is 17.4 Å². The quantitative estimate of drug-likeness (QED) is 0.130. The average Bonchev–Trinajstić information content (AvgIpc) is 3.02. The van der Waals surface area contributed by atoms with Gasteiger partial charge < -0.3 is 9.05 Å². The molecule has 0 aliphatic rings. The second-order valence-corrected chi connectivity index (χ2v) is 10.6. The third-order valence-electron chi connectivity index (χ3n) is 5.23. The highest BCUT2D eigenvalue weighted by molar-refractivity contribution is 7.18. The van der Waals surface area contributed by atoms with E-state index in [1.165, 1.54) is 89.9 Å². The molecule has 2 aromatic carbocycles. The Kier molecular flexibility index (Phi) is 51.9. The minimum absolute atomic E-state index is 0.305. The van der Waals surface area contributed by atoms with Gasteiger partial charge in [-0.25, -0.2) is 9.13 Å². The van der Waals surface area contributed by atoms with Gasteiger partial charge in [0, 0.05) is 0 Å². The first kappa shape index (κ1) is 47.2. The van der Waals surface area contributed by atoms with E-state index in [0.29, 0.717) is 11.5 Å². The predicted octanol–water partition coefficient (Wildman–Crippen LogP) is 14.7. The molecule has 0 fully saturated rings. The van der Waals surface area contributed by atoms with Gasteiger partial charge in [0.2, 0.25) is 0 Å². The Morgan fingerprint density at radius 1 is 0.476 bits per heavy atom. The van der Waals surface area contributed by atoms with E-state index >= 15 is 0 Å². The van der Waals surface area contributed by atoms with Crippen LogP contribution in [0, 0.1) is 5.92 Å². The maximum absolute atomic E-state index is 9.85. The van der Waals surface area contributed by atoms with Gasteiger partial charge in [-0.3, -0.25) is 0 Å². The Morgan fingerprint density at radius 3 is 0.881 bits per heavy atom. The zero-order valence-corrected chi connectivity index (χ0v) is 30.6. The van der Waals surface area contributed by atoms with Crippen LogP contribution in [-0.2, 0) is 9.13 Å². The fourth-order valence-corrected chi connectivity index (χ4v) is 3.73. The van der Waals surface area contributed by atoms with E-state index in [9.17, 15) is 9.13 Å². The Labute approximate surface area is 265 Å². The van der Waals surface area contributed by atoms with Gasteiger partial charge in [-0.05, 0) is 30.2 Å². The van der Waals surface area contributed by atoms with Crippen LogP contribution in [0.2, 0.25) is 0 Å². The van der Waals surface area contributed by atoms with Gasteiger partial charge in [-0.15, -0.1) is 0 Å². The molecule has 0 aromatic heterocycles. The number of rotatable bonds is 17. The third kappa shape index (κ3) is 48.0. The summed E-state index contributed by atoms with van der Waals surface area (Å²) in [5.74, 6) is 2.07. The largest absolute Gasteiger partial charge is 0.408 e. The molecule has 2 aromatic rings. The lowest BCUT2D eigenvalue weighted by Crippen LogP contribution is -1.82. The van der Waals surface area contributed by atoms with Gasteiger partial charge in [-0.2, -0.15) is 0 Å². The lowest BCUT2D eigenvalue weighted by atomic mass is 10.0. The van der Waals surface area contributed by atoms with Crippen LogP contribution in [0.5, 0.6) is 11.5 Å². The Balaban J connectivity index is -0.000000238. The maximum Gasteiger partial charge on any atom is 0.395 e. The Bertz CT molecular complexity index is 651. The van der Waals surface area contributed by atoms with E-state index in [-0.39, 0.29) is 17.4 Å². The molecule has 0 heterocycles. The highest BCUT2D eigenvalue weighted by Gasteiger charge is 1.93. The molecule has 4 nitrogen and oxygen atoms in total. The van der Waals surface area contributed by atoms with Crippen LogP contribution in [-0.4, -0.2) is 0 Å². The van der Waals surface area contributed by atoms with Gasteiger partial charge in [0.05, 0.1) is 0 Å². The first-order valence-corrected chi connectivity index (χ1v) is 18.1. The van der Waals surface area contributed by atoms with Gasteiger partial charge in [0.25, 0.3) is 0 Å². The minimum Gasteiger partial charge on any atom is -0.408 e. The molecule has 0 radical (unpaired) electrons. The molecule has 0 N–H and O–H groups in total. The fourth-order valence-electron chi connectivity index (χ4n) is 3.32. The summed E-state index contributed by atoms with van der Waals surface area (Å²) in [6.45, 7) is 19.1. The minimum atomic E-state index is -0.305. The van der Waals surface area contributed by atoms with Crippen molar-refractivity contribution in [3.8, 4) is 11.5 Å². The Morgan fingerprint density at radius 2 is 0.690 bits per heavy atom. The van der Waals surface area contributed by atoms with Crippen molar-refractivity contribution in [2.45, 2.75) is 152 Å². The first-order valence-electron chi connectivity index (χ1n) is 16.6. The SMILES string of the molecule is CC.CC.CC(C)C.CCCCCCCCCCCCCCCC.O=POc1ccccc1.O=POc1ccccc1. The topological polar surface area (TPSA) is 52.6 Å². The molecule has 0 aliphatic carbocycles. The molecule has 0 saturated carbocycles. The molecule has 0 aliphatic heterocycles. The average molecular weight is 625 g/mol. The van der Waals surface area contributed by atoms with E-state index in [0.717, 1.165) is 5.92 Å². The fraction of sp³-hybridized carbons (Fsp3) is 0.667. The monoisotopic (exact) mass is 624 g/mol. The van der Waals surface area contributed by atoms with Crippen molar-refractivity contribution in [1.82, 2.24) is 0 Å². The van der Waals surface area contributed by atoms with Crippen molar-refractivity contribution in [2.75, 3.05) is 0 Å². The highest BCUT2D eigenvalue weighted by Crippen LogP contribution is 2.14. The highest BCUT2D eigenvalue weighted by atomic mass is 31.1. The van der Waals surface area contributed by atoms with Gasteiger partial charge in [0.15, 0.2) is 0 Å². The van der Waals surface area contributed by atoms with E-state index in [4.69, 9.17) is 0 Å². The van der Waals surface area contributed by atoms with Crippen molar-refractivity contribution < 1.29 is 18.2 Å². The molecule has 42 heavy (non-hydrogen) atoms. The van der Waals surface area contributed by atoms with Crippen LogP contribution < -0.4 is 9.05 Å². The summed E-state index contributed by atoms with van der Waals surface area (Å²) in [5.41, 5.74) is 0. The summed E-state index contributed by atoms with van der Waals surface area (Å²) < 4.78 is 28.9. The molecule has 0 atom stereocenters. The number of hydrogen-bond donors (Lipinski definition) is 0. The number of unbranched alkanes of at least 4 members (excludes halogenated alkanes) is 13. The molecule has 0 bridgehead atoms.